The van der Waals surface area contributed by atoms with Crippen LogP contribution in [0.5, 0.6) is 0 Å². The summed E-state index contributed by atoms with van der Waals surface area (Å²) in [5, 5.41) is 4.89. The minimum absolute atomic E-state index is 0.137. The normalized spacial score (nSPS) is 10.5. The van der Waals surface area contributed by atoms with Crippen molar-refractivity contribution < 1.29 is 4.79 Å². The molecule has 0 fully saturated rings. The summed E-state index contributed by atoms with van der Waals surface area (Å²) in [7, 11) is 0. The van der Waals surface area contributed by atoms with Crippen molar-refractivity contribution in [1.29, 1.82) is 0 Å². The molecule has 0 aliphatic heterocycles. The molecule has 0 spiro atoms. The van der Waals surface area contributed by atoms with Crippen molar-refractivity contribution in [3.63, 3.8) is 0 Å². The van der Waals surface area contributed by atoms with Crippen LogP contribution in [0.4, 0.5) is 0 Å². The van der Waals surface area contributed by atoms with Gasteiger partial charge in [-0.25, -0.2) is 4.98 Å². The van der Waals surface area contributed by atoms with Gasteiger partial charge in [0.1, 0.15) is 5.69 Å². The first-order valence-electron chi connectivity index (χ1n) is 5.82. The van der Waals surface area contributed by atoms with Gasteiger partial charge in [-0.15, -0.1) is 11.3 Å². The third-order valence-corrected chi connectivity index (χ3v) is 3.43. The van der Waals surface area contributed by atoms with Crippen molar-refractivity contribution in [2.24, 2.45) is 5.73 Å². The van der Waals surface area contributed by atoms with Gasteiger partial charge in [-0.3, -0.25) is 4.79 Å². The van der Waals surface area contributed by atoms with Crippen LogP contribution in [-0.2, 0) is 13.0 Å². The number of hydrogen-bond acceptors (Lipinski definition) is 4. The topological polar surface area (TPSA) is 72.9 Å². The molecule has 6 heteroatoms. The van der Waals surface area contributed by atoms with Crippen LogP contribution in [0.25, 0.3) is 0 Å². The van der Waals surface area contributed by atoms with Crippen LogP contribution in [0.2, 0.25) is 0 Å². The lowest BCUT2D eigenvalue weighted by Gasteiger charge is -2.01. The fourth-order valence-electron chi connectivity index (χ4n) is 1.59. The lowest BCUT2D eigenvalue weighted by Crippen LogP contribution is -2.25. The van der Waals surface area contributed by atoms with E-state index in [1.165, 1.54) is 4.88 Å². The van der Waals surface area contributed by atoms with Gasteiger partial charge in [0.25, 0.3) is 5.91 Å². The van der Waals surface area contributed by atoms with E-state index in [1.54, 1.807) is 23.9 Å². The maximum atomic E-state index is 11.8. The van der Waals surface area contributed by atoms with Crippen LogP contribution in [0, 0.1) is 0 Å². The van der Waals surface area contributed by atoms with Gasteiger partial charge in [0.2, 0.25) is 0 Å². The zero-order valence-electron chi connectivity index (χ0n) is 10.0. The van der Waals surface area contributed by atoms with Crippen molar-refractivity contribution in [2.45, 2.75) is 13.0 Å². The summed E-state index contributed by atoms with van der Waals surface area (Å²) in [4.78, 5) is 17.1. The molecule has 0 atom stereocenters. The third kappa shape index (κ3) is 3.41. The number of rotatable bonds is 6. The Kier molecular flexibility index (Phi) is 4.49. The highest BCUT2D eigenvalue weighted by atomic mass is 32.1. The Bertz CT molecular complexity index is 492. The van der Waals surface area contributed by atoms with Crippen molar-refractivity contribution in [1.82, 2.24) is 14.9 Å². The number of amides is 1. The number of aromatic nitrogens is 2. The lowest BCUT2D eigenvalue weighted by atomic mass is 10.3. The second kappa shape index (κ2) is 6.32. The lowest BCUT2D eigenvalue weighted by molar-refractivity contribution is 0.0949. The molecule has 18 heavy (non-hydrogen) atoms. The molecule has 0 unspecified atom stereocenters. The SMILES string of the molecule is NCCn1cnc(C(=O)NCCc2cccs2)c1. The van der Waals surface area contributed by atoms with E-state index in [0.29, 0.717) is 25.3 Å². The second-order valence-electron chi connectivity index (χ2n) is 3.87. The van der Waals surface area contributed by atoms with E-state index < -0.39 is 0 Å². The highest BCUT2D eigenvalue weighted by molar-refractivity contribution is 7.09. The number of carbonyl (C=O) groups excluding carboxylic acids is 1. The number of hydrogen-bond donors (Lipinski definition) is 2. The van der Waals surface area contributed by atoms with E-state index in [0.717, 1.165) is 6.42 Å². The van der Waals surface area contributed by atoms with Crippen LogP contribution in [0.1, 0.15) is 15.4 Å². The van der Waals surface area contributed by atoms with Gasteiger partial charge < -0.3 is 15.6 Å². The van der Waals surface area contributed by atoms with Gasteiger partial charge in [-0.1, -0.05) is 6.07 Å². The molecule has 0 aromatic carbocycles. The molecule has 0 aliphatic carbocycles. The maximum absolute atomic E-state index is 11.8. The molecule has 1 amide bonds. The highest BCUT2D eigenvalue weighted by Crippen LogP contribution is 2.08. The smallest absolute Gasteiger partial charge is 0.271 e. The van der Waals surface area contributed by atoms with E-state index in [2.05, 4.69) is 16.4 Å². The molecule has 96 valence electrons. The van der Waals surface area contributed by atoms with Crippen molar-refractivity contribution in [2.75, 3.05) is 13.1 Å². The predicted octanol–water partition coefficient (Wildman–Crippen LogP) is 0.876. The van der Waals surface area contributed by atoms with E-state index >= 15 is 0 Å². The molecule has 2 heterocycles. The Hall–Kier alpha value is -1.66. The third-order valence-electron chi connectivity index (χ3n) is 2.49. The Morgan fingerprint density at radius 3 is 3.17 bits per heavy atom. The zero-order valence-corrected chi connectivity index (χ0v) is 10.8. The average Bonchev–Trinajstić information content (AvgIpc) is 3.00. The van der Waals surface area contributed by atoms with Gasteiger partial charge in [0.05, 0.1) is 6.33 Å². The van der Waals surface area contributed by atoms with Crippen LogP contribution >= 0.6 is 11.3 Å². The van der Waals surface area contributed by atoms with Crippen LogP contribution in [0.15, 0.2) is 30.0 Å². The number of nitrogens with one attached hydrogen (secondary N) is 1. The molecule has 5 nitrogen and oxygen atoms in total. The van der Waals surface area contributed by atoms with E-state index in [1.807, 2.05) is 16.0 Å². The predicted molar refractivity (Wildman–Crippen MR) is 71.6 cm³/mol. The maximum Gasteiger partial charge on any atom is 0.271 e. The highest BCUT2D eigenvalue weighted by Gasteiger charge is 2.08. The monoisotopic (exact) mass is 264 g/mol. The number of nitrogens with two attached hydrogens (primary N) is 1. The first kappa shape index (κ1) is 12.8. The average molecular weight is 264 g/mol. The Balaban J connectivity index is 1.80. The summed E-state index contributed by atoms with van der Waals surface area (Å²) in [5.41, 5.74) is 5.87. The largest absolute Gasteiger partial charge is 0.350 e. The number of nitrogens with zero attached hydrogens (tertiary/aromatic N) is 2. The second-order valence-corrected chi connectivity index (χ2v) is 4.90. The molecule has 0 aliphatic rings. The molecule has 0 bridgehead atoms. The van der Waals surface area contributed by atoms with Crippen molar-refractivity contribution in [3.8, 4) is 0 Å². The van der Waals surface area contributed by atoms with Crippen LogP contribution in [-0.4, -0.2) is 28.5 Å². The summed E-state index contributed by atoms with van der Waals surface area (Å²) < 4.78 is 1.81. The summed E-state index contributed by atoms with van der Waals surface area (Å²) in [6, 6.07) is 4.07. The van der Waals surface area contributed by atoms with Crippen LogP contribution in [0.3, 0.4) is 0 Å². The molecule has 2 rings (SSSR count). The quantitative estimate of drug-likeness (QED) is 0.813. The summed E-state index contributed by atoms with van der Waals surface area (Å²) >= 11 is 1.70. The first-order valence-corrected chi connectivity index (χ1v) is 6.70. The van der Waals surface area contributed by atoms with Gasteiger partial charge >= 0.3 is 0 Å². The minimum atomic E-state index is -0.137. The Morgan fingerprint density at radius 1 is 1.56 bits per heavy atom. The van der Waals surface area contributed by atoms with Gasteiger partial charge in [-0.05, 0) is 17.9 Å². The summed E-state index contributed by atoms with van der Waals surface area (Å²) in [6.07, 6.45) is 4.20. The molecule has 0 saturated heterocycles. The Labute approximate surface area is 110 Å². The van der Waals surface area contributed by atoms with E-state index in [4.69, 9.17) is 5.73 Å². The van der Waals surface area contributed by atoms with E-state index in [9.17, 15) is 4.79 Å². The molecule has 2 aromatic rings. The van der Waals surface area contributed by atoms with Crippen LogP contribution < -0.4 is 11.1 Å². The standard InChI is InChI=1S/C12H16N4OS/c13-4-6-16-8-11(15-9-16)12(17)14-5-3-10-2-1-7-18-10/h1-2,7-9H,3-6,13H2,(H,14,17). The minimum Gasteiger partial charge on any atom is -0.350 e. The van der Waals surface area contributed by atoms with Gasteiger partial charge in [-0.2, -0.15) is 0 Å². The number of thiophene rings is 1. The summed E-state index contributed by atoms with van der Waals surface area (Å²) in [6.45, 7) is 1.84. The Morgan fingerprint density at radius 2 is 2.44 bits per heavy atom. The molecule has 0 saturated carbocycles. The zero-order chi connectivity index (χ0) is 12.8. The molecule has 2 aromatic heterocycles. The van der Waals surface area contributed by atoms with Gasteiger partial charge in [0, 0.05) is 30.7 Å². The molecular weight excluding hydrogens is 248 g/mol. The van der Waals surface area contributed by atoms with E-state index in [-0.39, 0.29) is 5.91 Å². The fraction of sp³-hybridized carbons (Fsp3) is 0.333. The fourth-order valence-corrected chi connectivity index (χ4v) is 2.30. The molecular formula is C12H16N4OS. The van der Waals surface area contributed by atoms with Gasteiger partial charge in [0.15, 0.2) is 0 Å². The first-order chi connectivity index (χ1) is 8.79. The number of carbonyl (C=O) groups is 1. The number of imidazole rings is 1. The summed E-state index contributed by atoms with van der Waals surface area (Å²) in [5.74, 6) is -0.137. The van der Waals surface area contributed by atoms with Crippen molar-refractivity contribution in [3.05, 3.63) is 40.6 Å². The molecule has 0 radical (unpaired) electrons. The molecule has 3 N–H and O–H groups in total. The van der Waals surface area contributed by atoms with Crippen molar-refractivity contribution >= 4 is 17.2 Å².